The largest absolute Gasteiger partial charge is 0.277 e. The second-order valence-electron chi connectivity index (χ2n) is 2.99. The molecule has 1 rings (SSSR count). The van der Waals surface area contributed by atoms with E-state index in [1.807, 2.05) is 19.2 Å². The molecule has 3 nitrogen and oxygen atoms in total. The highest BCUT2D eigenvalue weighted by Crippen LogP contribution is 2.02. The summed E-state index contributed by atoms with van der Waals surface area (Å²) in [4.78, 5) is 12.2. The number of hydrogen-bond donors (Lipinski definition) is 0. The maximum absolute atomic E-state index is 4.31. The molecular formula is C11H15N3. The van der Waals surface area contributed by atoms with Gasteiger partial charge in [-0.1, -0.05) is 13.0 Å². The van der Waals surface area contributed by atoms with Gasteiger partial charge < -0.3 is 0 Å². The van der Waals surface area contributed by atoms with E-state index >= 15 is 0 Å². The highest BCUT2D eigenvalue weighted by atomic mass is 14.8. The molecule has 0 fully saturated rings. The fraction of sp³-hybridized carbons (Fsp3) is 0.364. The Morgan fingerprint density at radius 1 is 1.50 bits per heavy atom. The summed E-state index contributed by atoms with van der Waals surface area (Å²) in [6.07, 6.45) is 4.43. The van der Waals surface area contributed by atoms with Gasteiger partial charge in [-0.3, -0.25) is 9.98 Å². The van der Waals surface area contributed by atoms with Gasteiger partial charge in [0, 0.05) is 13.2 Å². The molecule has 0 saturated heterocycles. The van der Waals surface area contributed by atoms with Crippen LogP contribution in [-0.4, -0.2) is 24.1 Å². The molecule has 0 aliphatic rings. The molecule has 0 unspecified atom stereocenters. The van der Waals surface area contributed by atoms with Gasteiger partial charge in [-0.25, -0.2) is 4.99 Å². The zero-order valence-corrected chi connectivity index (χ0v) is 8.86. The van der Waals surface area contributed by atoms with Crippen molar-refractivity contribution in [3.63, 3.8) is 0 Å². The average molecular weight is 189 g/mol. The van der Waals surface area contributed by atoms with Crippen molar-refractivity contribution >= 4 is 12.1 Å². The maximum Gasteiger partial charge on any atom is 0.109 e. The van der Waals surface area contributed by atoms with Gasteiger partial charge in [0.15, 0.2) is 0 Å². The summed E-state index contributed by atoms with van der Waals surface area (Å²) in [7, 11) is 1.70. The Bertz CT molecular complexity index is 336. The van der Waals surface area contributed by atoms with E-state index < -0.39 is 0 Å². The summed E-state index contributed by atoms with van der Waals surface area (Å²) in [6, 6.07) is 4.06. The zero-order valence-electron chi connectivity index (χ0n) is 8.86. The van der Waals surface area contributed by atoms with Crippen molar-refractivity contribution in [2.75, 3.05) is 7.05 Å². The average Bonchev–Trinajstić information content (AvgIpc) is 2.26. The van der Waals surface area contributed by atoms with E-state index in [-0.39, 0.29) is 0 Å². The van der Waals surface area contributed by atoms with Gasteiger partial charge in [0.1, 0.15) is 6.34 Å². The molecule has 0 bridgehead atoms. The molecule has 1 aromatic heterocycles. The quantitative estimate of drug-likeness (QED) is 0.530. The van der Waals surface area contributed by atoms with E-state index in [1.54, 1.807) is 7.05 Å². The van der Waals surface area contributed by atoms with Crippen LogP contribution >= 0.6 is 0 Å². The molecule has 14 heavy (non-hydrogen) atoms. The van der Waals surface area contributed by atoms with Crippen molar-refractivity contribution in [1.82, 2.24) is 4.98 Å². The zero-order chi connectivity index (χ0) is 10.4. The molecule has 0 radical (unpaired) electrons. The number of aryl methyl sites for hydroxylation is 1. The van der Waals surface area contributed by atoms with Gasteiger partial charge in [0.25, 0.3) is 0 Å². The van der Waals surface area contributed by atoms with E-state index in [9.17, 15) is 0 Å². The van der Waals surface area contributed by atoms with Crippen LogP contribution in [0.25, 0.3) is 0 Å². The highest BCUT2D eigenvalue weighted by molar-refractivity contribution is 6.00. The molecule has 0 aliphatic heterocycles. The van der Waals surface area contributed by atoms with Crippen molar-refractivity contribution in [2.45, 2.75) is 20.3 Å². The van der Waals surface area contributed by atoms with Crippen LogP contribution in [0.1, 0.15) is 25.1 Å². The van der Waals surface area contributed by atoms with Crippen LogP contribution in [0.15, 0.2) is 28.3 Å². The molecule has 0 N–H and O–H groups in total. The number of hydrogen-bond acceptors (Lipinski definition) is 2. The van der Waals surface area contributed by atoms with Crippen molar-refractivity contribution in [1.29, 1.82) is 0 Å². The molecule has 0 aromatic carbocycles. The molecule has 0 atom stereocenters. The van der Waals surface area contributed by atoms with Crippen LogP contribution < -0.4 is 0 Å². The maximum atomic E-state index is 4.31. The summed E-state index contributed by atoms with van der Waals surface area (Å²) in [5.41, 5.74) is 3.03. The summed E-state index contributed by atoms with van der Waals surface area (Å²) >= 11 is 0. The van der Waals surface area contributed by atoms with Crippen molar-refractivity contribution in [3.05, 3.63) is 29.6 Å². The molecule has 1 aromatic rings. The van der Waals surface area contributed by atoms with E-state index in [4.69, 9.17) is 0 Å². The molecule has 0 spiro atoms. The Morgan fingerprint density at radius 3 is 2.79 bits per heavy atom. The molecule has 3 heteroatoms. The monoisotopic (exact) mass is 189 g/mol. The van der Waals surface area contributed by atoms with Gasteiger partial charge in [-0.15, -0.1) is 0 Å². The fourth-order valence-electron chi connectivity index (χ4n) is 1.06. The van der Waals surface area contributed by atoms with Gasteiger partial charge >= 0.3 is 0 Å². The van der Waals surface area contributed by atoms with E-state index in [1.165, 1.54) is 11.9 Å². The third-order valence-corrected chi connectivity index (χ3v) is 1.97. The smallest absolute Gasteiger partial charge is 0.109 e. The van der Waals surface area contributed by atoms with Crippen molar-refractivity contribution in [3.8, 4) is 0 Å². The molecule has 74 valence electrons. The molecule has 0 amide bonds. The minimum atomic E-state index is 0.887. The third-order valence-electron chi connectivity index (χ3n) is 1.97. The van der Waals surface area contributed by atoms with Crippen molar-refractivity contribution < 1.29 is 0 Å². The number of pyridine rings is 1. The van der Waals surface area contributed by atoms with Crippen LogP contribution in [0.5, 0.6) is 0 Å². The number of nitrogens with zero attached hydrogens (tertiary/aromatic N) is 3. The lowest BCUT2D eigenvalue weighted by Gasteiger charge is -1.99. The first-order chi connectivity index (χ1) is 6.77. The van der Waals surface area contributed by atoms with Crippen LogP contribution in [0.2, 0.25) is 0 Å². The summed E-state index contributed by atoms with van der Waals surface area (Å²) in [5.74, 6) is 0. The standard InChI is InChI=1S/C11H15N3/c1-4-10-5-6-11(13-7-10)9(2)14-8-12-3/h5-8H,4H2,1-3H3. The lowest BCUT2D eigenvalue weighted by molar-refractivity contribution is 1.10. The van der Waals surface area contributed by atoms with E-state index in [0.29, 0.717) is 0 Å². The molecule has 0 saturated carbocycles. The van der Waals surface area contributed by atoms with Crippen LogP contribution in [0, 0.1) is 0 Å². The normalized spacial score (nSPS) is 12.4. The van der Waals surface area contributed by atoms with Crippen LogP contribution in [0.3, 0.4) is 0 Å². The Labute approximate surface area is 84.6 Å². The SMILES string of the molecule is CCc1ccc(C(C)=NC=NC)nc1. The highest BCUT2D eigenvalue weighted by Gasteiger charge is 1.97. The Kier molecular flexibility index (Phi) is 3.98. The second-order valence-corrected chi connectivity index (χ2v) is 2.99. The van der Waals surface area contributed by atoms with Crippen LogP contribution in [0.4, 0.5) is 0 Å². The topological polar surface area (TPSA) is 37.6 Å². The summed E-state index contributed by atoms with van der Waals surface area (Å²) < 4.78 is 0. The first kappa shape index (κ1) is 10.6. The van der Waals surface area contributed by atoms with Crippen LogP contribution in [-0.2, 0) is 6.42 Å². The predicted octanol–water partition coefficient (Wildman–Crippen LogP) is 2.11. The Morgan fingerprint density at radius 2 is 2.29 bits per heavy atom. The summed E-state index contributed by atoms with van der Waals surface area (Å²) in [6.45, 7) is 4.04. The Balaban J connectivity index is 2.86. The minimum Gasteiger partial charge on any atom is -0.277 e. The number of aliphatic imine (C=N–C) groups is 2. The number of rotatable bonds is 3. The van der Waals surface area contributed by atoms with Gasteiger partial charge in [0.05, 0.1) is 11.4 Å². The van der Waals surface area contributed by atoms with Gasteiger partial charge in [0.2, 0.25) is 0 Å². The van der Waals surface area contributed by atoms with Gasteiger partial charge in [-0.2, -0.15) is 0 Å². The first-order valence-electron chi connectivity index (χ1n) is 4.68. The Hall–Kier alpha value is -1.51. The third kappa shape index (κ3) is 2.76. The van der Waals surface area contributed by atoms with Gasteiger partial charge in [-0.05, 0) is 25.0 Å². The molecule has 1 heterocycles. The lowest BCUT2D eigenvalue weighted by atomic mass is 10.2. The van der Waals surface area contributed by atoms with E-state index in [2.05, 4.69) is 28.0 Å². The fourth-order valence-corrected chi connectivity index (χ4v) is 1.06. The first-order valence-corrected chi connectivity index (χ1v) is 4.68. The molecule has 0 aliphatic carbocycles. The number of aromatic nitrogens is 1. The molecular weight excluding hydrogens is 174 g/mol. The summed E-state index contributed by atoms with van der Waals surface area (Å²) in [5, 5.41) is 0. The second kappa shape index (κ2) is 5.27. The minimum absolute atomic E-state index is 0.887. The van der Waals surface area contributed by atoms with E-state index in [0.717, 1.165) is 17.8 Å². The van der Waals surface area contributed by atoms with Crippen molar-refractivity contribution in [2.24, 2.45) is 9.98 Å². The predicted molar refractivity (Wildman–Crippen MR) is 60.2 cm³/mol. The lowest BCUT2D eigenvalue weighted by Crippen LogP contribution is -1.99.